The second-order valence-corrected chi connectivity index (χ2v) is 5.10. The first-order valence-electron chi connectivity index (χ1n) is 7.12. The number of hydrogen-bond donors (Lipinski definition) is 0. The molecule has 1 aromatic heterocycles. The van der Waals surface area contributed by atoms with Gasteiger partial charge >= 0.3 is 12.6 Å². The van der Waals surface area contributed by atoms with Crippen molar-refractivity contribution >= 4 is 16.9 Å². The lowest BCUT2D eigenvalue weighted by Gasteiger charge is -2.08. The predicted molar refractivity (Wildman–Crippen MR) is 83.8 cm³/mol. The first kappa shape index (κ1) is 15.9. The number of ether oxygens (including phenoxy) is 2. The average Bonchev–Trinajstić information content (AvgIpc) is 2.90. The molecule has 0 unspecified atom stereocenters. The Bertz CT molecular complexity index is 906. The Morgan fingerprint density at radius 1 is 1.21 bits per heavy atom. The predicted octanol–water partition coefficient (Wildman–Crippen LogP) is 3.72. The molecule has 0 N–H and O–H groups in total. The molecule has 0 radical (unpaired) electrons. The fourth-order valence-corrected chi connectivity index (χ4v) is 2.50. The molecule has 7 heteroatoms. The number of aryl methyl sites for hydroxylation is 1. The van der Waals surface area contributed by atoms with Gasteiger partial charge in [0.15, 0.2) is 0 Å². The van der Waals surface area contributed by atoms with E-state index in [0.29, 0.717) is 16.9 Å². The number of esters is 1. The van der Waals surface area contributed by atoms with Crippen LogP contribution in [0.1, 0.15) is 16.1 Å². The van der Waals surface area contributed by atoms with E-state index in [2.05, 4.69) is 9.84 Å². The molecule has 24 heavy (non-hydrogen) atoms. The highest BCUT2D eigenvalue weighted by Crippen LogP contribution is 2.25. The van der Waals surface area contributed by atoms with E-state index in [0.717, 1.165) is 10.9 Å². The van der Waals surface area contributed by atoms with Crippen molar-refractivity contribution in [3.05, 3.63) is 53.7 Å². The van der Waals surface area contributed by atoms with Crippen molar-refractivity contribution in [2.24, 2.45) is 0 Å². The highest BCUT2D eigenvalue weighted by atomic mass is 19.3. The molecule has 0 aliphatic rings. The molecule has 0 amide bonds. The number of halogens is 2. The summed E-state index contributed by atoms with van der Waals surface area (Å²) in [6.45, 7) is -1.08. The summed E-state index contributed by atoms with van der Waals surface area (Å²) >= 11 is 0. The van der Waals surface area contributed by atoms with Crippen LogP contribution < -0.4 is 4.74 Å². The third kappa shape index (κ3) is 2.92. The molecular weight excluding hydrogens is 318 g/mol. The molecule has 0 saturated heterocycles. The fraction of sp³-hybridized carbons (Fsp3) is 0.176. The van der Waals surface area contributed by atoms with Gasteiger partial charge in [-0.1, -0.05) is 6.07 Å². The van der Waals surface area contributed by atoms with Crippen LogP contribution in [0.5, 0.6) is 5.75 Å². The lowest BCUT2D eigenvalue weighted by Crippen LogP contribution is -2.03. The Morgan fingerprint density at radius 3 is 2.71 bits per heavy atom. The maximum atomic E-state index is 12.4. The van der Waals surface area contributed by atoms with Gasteiger partial charge in [-0.25, -0.2) is 9.48 Å². The topological polar surface area (TPSA) is 53.3 Å². The minimum Gasteiger partial charge on any atom is -0.465 e. The summed E-state index contributed by atoms with van der Waals surface area (Å²) in [6.07, 6.45) is 0. The van der Waals surface area contributed by atoms with Gasteiger partial charge in [0.1, 0.15) is 5.75 Å². The lowest BCUT2D eigenvalue weighted by molar-refractivity contribution is -0.0498. The van der Waals surface area contributed by atoms with Crippen molar-refractivity contribution in [3.8, 4) is 11.4 Å². The van der Waals surface area contributed by atoms with Gasteiger partial charge < -0.3 is 9.47 Å². The van der Waals surface area contributed by atoms with Crippen molar-refractivity contribution in [2.45, 2.75) is 13.5 Å². The average molecular weight is 332 g/mol. The summed E-state index contributed by atoms with van der Waals surface area (Å²) in [5, 5.41) is 5.20. The molecule has 5 nitrogen and oxygen atoms in total. The highest BCUT2D eigenvalue weighted by molar-refractivity contribution is 5.95. The summed E-state index contributed by atoms with van der Waals surface area (Å²) in [5.41, 5.74) is 2.45. The Balaban J connectivity index is 2.09. The molecule has 124 valence electrons. The Hall–Kier alpha value is -2.96. The summed E-state index contributed by atoms with van der Waals surface area (Å²) < 4.78 is 35.5. The minimum absolute atomic E-state index is 0.0509. The molecular formula is C17H14F2N2O3. The number of carbonyl (C=O) groups excluding carboxylic acids is 1. The zero-order valence-corrected chi connectivity index (χ0v) is 13.0. The van der Waals surface area contributed by atoms with Gasteiger partial charge in [-0.05, 0) is 37.3 Å². The summed E-state index contributed by atoms with van der Waals surface area (Å²) in [5.74, 6) is -0.383. The van der Waals surface area contributed by atoms with Crippen molar-refractivity contribution in [3.63, 3.8) is 0 Å². The first-order valence-corrected chi connectivity index (χ1v) is 7.12. The van der Waals surface area contributed by atoms with Crippen molar-refractivity contribution < 1.29 is 23.0 Å². The SMILES string of the molecule is COC(=O)c1ccc2c(c1)c(C)nn2-c1cccc(OC(F)F)c1. The third-order valence-electron chi connectivity index (χ3n) is 3.57. The van der Waals surface area contributed by atoms with Gasteiger partial charge in [-0.3, -0.25) is 0 Å². The Morgan fingerprint density at radius 2 is 2.00 bits per heavy atom. The van der Waals surface area contributed by atoms with E-state index in [1.54, 1.807) is 41.9 Å². The van der Waals surface area contributed by atoms with Gasteiger partial charge in [0.25, 0.3) is 0 Å². The maximum absolute atomic E-state index is 12.4. The molecule has 0 spiro atoms. The summed E-state index contributed by atoms with van der Waals surface area (Å²) in [7, 11) is 1.32. The molecule has 2 aromatic carbocycles. The molecule has 0 fully saturated rings. The zero-order chi connectivity index (χ0) is 17.3. The molecule has 3 aromatic rings. The number of methoxy groups -OCH3 is 1. The number of alkyl halides is 2. The Kier molecular flexibility index (Phi) is 4.16. The van der Waals surface area contributed by atoms with Crippen LogP contribution in [0.25, 0.3) is 16.6 Å². The molecule has 0 saturated carbocycles. The van der Waals surface area contributed by atoms with Crippen LogP contribution in [0.15, 0.2) is 42.5 Å². The Labute approximate surface area is 136 Å². The van der Waals surface area contributed by atoms with E-state index in [1.807, 2.05) is 0 Å². The van der Waals surface area contributed by atoms with E-state index in [-0.39, 0.29) is 5.75 Å². The molecule has 1 heterocycles. The van der Waals surface area contributed by atoms with E-state index in [1.165, 1.54) is 19.2 Å². The number of rotatable bonds is 4. The smallest absolute Gasteiger partial charge is 0.387 e. The van der Waals surface area contributed by atoms with E-state index >= 15 is 0 Å². The van der Waals surface area contributed by atoms with E-state index in [9.17, 15) is 13.6 Å². The van der Waals surface area contributed by atoms with Crippen molar-refractivity contribution in [2.75, 3.05) is 7.11 Å². The van der Waals surface area contributed by atoms with Gasteiger partial charge in [0, 0.05) is 11.5 Å². The van der Waals surface area contributed by atoms with Gasteiger partial charge in [0.2, 0.25) is 0 Å². The fourth-order valence-electron chi connectivity index (χ4n) is 2.50. The van der Waals surface area contributed by atoms with E-state index < -0.39 is 12.6 Å². The number of nitrogens with zero attached hydrogens (tertiary/aromatic N) is 2. The number of benzene rings is 2. The third-order valence-corrected chi connectivity index (χ3v) is 3.57. The summed E-state index contributed by atoms with van der Waals surface area (Å²) in [6, 6.07) is 11.3. The van der Waals surface area contributed by atoms with Crippen molar-refractivity contribution in [1.29, 1.82) is 0 Å². The van der Waals surface area contributed by atoms with E-state index in [4.69, 9.17) is 4.74 Å². The largest absolute Gasteiger partial charge is 0.465 e. The van der Waals surface area contributed by atoms with Crippen LogP contribution in [0.3, 0.4) is 0 Å². The number of hydrogen-bond acceptors (Lipinski definition) is 4. The second-order valence-electron chi connectivity index (χ2n) is 5.10. The van der Waals surface area contributed by atoms with Crippen LogP contribution in [-0.2, 0) is 4.74 Å². The van der Waals surface area contributed by atoms with Crippen LogP contribution in [0, 0.1) is 6.92 Å². The molecule has 0 aliphatic carbocycles. The van der Waals surface area contributed by atoms with Gasteiger partial charge in [0.05, 0.1) is 29.6 Å². The number of aromatic nitrogens is 2. The molecule has 0 aliphatic heterocycles. The second kappa shape index (κ2) is 6.27. The van der Waals surface area contributed by atoms with Gasteiger partial charge in [-0.15, -0.1) is 0 Å². The van der Waals surface area contributed by atoms with Crippen LogP contribution in [-0.4, -0.2) is 29.5 Å². The molecule has 0 bridgehead atoms. The first-order chi connectivity index (χ1) is 11.5. The van der Waals surface area contributed by atoms with Crippen molar-refractivity contribution in [1.82, 2.24) is 9.78 Å². The van der Waals surface area contributed by atoms with Gasteiger partial charge in [-0.2, -0.15) is 13.9 Å². The molecule has 3 rings (SSSR count). The number of carbonyl (C=O) groups is 1. The quantitative estimate of drug-likeness (QED) is 0.683. The number of fused-ring (bicyclic) bond motifs is 1. The van der Waals surface area contributed by atoms with Crippen LogP contribution in [0.4, 0.5) is 8.78 Å². The zero-order valence-electron chi connectivity index (χ0n) is 13.0. The summed E-state index contributed by atoms with van der Waals surface area (Å²) in [4.78, 5) is 11.7. The minimum atomic E-state index is -2.89. The standard InChI is InChI=1S/C17H14F2N2O3/c1-10-14-8-11(16(22)23-2)6-7-15(14)21(20-10)12-4-3-5-13(9-12)24-17(18)19/h3-9,17H,1-2H3. The highest BCUT2D eigenvalue weighted by Gasteiger charge is 2.14. The molecule has 0 atom stereocenters. The maximum Gasteiger partial charge on any atom is 0.387 e. The van der Waals surface area contributed by atoms with Crippen LogP contribution in [0.2, 0.25) is 0 Å². The lowest BCUT2D eigenvalue weighted by atomic mass is 10.1. The van der Waals surface area contributed by atoms with Crippen LogP contribution >= 0.6 is 0 Å². The monoisotopic (exact) mass is 332 g/mol. The normalized spacial score (nSPS) is 11.0.